The molecule has 4 rings (SSSR count). The molecule has 0 heterocycles. The van der Waals surface area contributed by atoms with E-state index in [1.807, 2.05) is 0 Å². The van der Waals surface area contributed by atoms with Crippen molar-refractivity contribution in [3.63, 3.8) is 0 Å². The van der Waals surface area contributed by atoms with E-state index >= 15 is 0 Å². The second-order valence-electron chi connectivity index (χ2n) is 9.07. The highest BCUT2D eigenvalue weighted by Gasteiger charge is 2.62. The van der Waals surface area contributed by atoms with Crippen molar-refractivity contribution in [1.29, 1.82) is 0 Å². The van der Waals surface area contributed by atoms with Crippen LogP contribution in [0.5, 0.6) is 0 Å². The van der Waals surface area contributed by atoms with E-state index in [2.05, 4.69) is 36.4 Å². The van der Waals surface area contributed by atoms with Gasteiger partial charge in [0, 0.05) is 16.8 Å². The average Bonchev–Trinajstić information content (AvgIpc) is 2.69. The lowest BCUT2D eigenvalue weighted by Crippen LogP contribution is -2.55. The molecular formula is C19H29IO2. The first kappa shape index (κ1) is 15.9. The summed E-state index contributed by atoms with van der Waals surface area (Å²) in [5, 5.41) is 10.9. The van der Waals surface area contributed by atoms with Crippen molar-refractivity contribution >= 4 is 28.4 Å². The minimum Gasteiger partial charge on any atom is -0.390 e. The van der Waals surface area contributed by atoms with Crippen LogP contribution in [0.3, 0.4) is 0 Å². The van der Waals surface area contributed by atoms with E-state index < -0.39 is 5.60 Å². The van der Waals surface area contributed by atoms with Crippen LogP contribution < -0.4 is 0 Å². The second-order valence-corrected chi connectivity index (χ2v) is 10.7. The Labute approximate surface area is 148 Å². The zero-order chi connectivity index (χ0) is 15.7. The molecule has 0 aromatic rings. The molecule has 0 bridgehead atoms. The van der Waals surface area contributed by atoms with Gasteiger partial charge in [-0.25, -0.2) is 0 Å². The molecule has 0 unspecified atom stereocenters. The van der Waals surface area contributed by atoms with E-state index in [9.17, 15) is 9.90 Å². The fourth-order valence-corrected chi connectivity index (χ4v) is 8.55. The fraction of sp³-hybridized carbons (Fsp3) is 0.947. The lowest BCUT2D eigenvalue weighted by molar-refractivity contribution is -0.132. The van der Waals surface area contributed by atoms with E-state index in [1.165, 1.54) is 25.7 Å². The molecule has 0 saturated heterocycles. The Hall–Kier alpha value is 0.360. The first-order valence-corrected chi connectivity index (χ1v) is 10.5. The molecule has 2 nitrogen and oxygen atoms in total. The largest absolute Gasteiger partial charge is 0.390 e. The van der Waals surface area contributed by atoms with Gasteiger partial charge in [-0.2, -0.15) is 0 Å². The standard InChI is InChI=1S/C19H29IO2/c1-18-7-5-14-13-4-3-12(21)9-11(13)10-16(20)17(14)15(18)6-8-19(18,2)22/h11,13-17,22H,3-10H2,1-2H3/t11-,13+,14-,15+,16-,17-,18+,19+/m1/s1. The lowest BCUT2D eigenvalue weighted by Gasteiger charge is -2.58. The van der Waals surface area contributed by atoms with E-state index in [0.717, 1.165) is 43.4 Å². The van der Waals surface area contributed by atoms with Crippen LogP contribution in [0.2, 0.25) is 0 Å². The van der Waals surface area contributed by atoms with Gasteiger partial charge in [-0.05, 0) is 80.5 Å². The van der Waals surface area contributed by atoms with Gasteiger partial charge in [0.05, 0.1) is 5.60 Å². The molecule has 0 spiro atoms. The number of rotatable bonds is 0. The van der Waals surface area contributed by atoms with Gasteiger partial charge in [-0.3, -0.25) is 4.79 Å². The number of alkyl halides is 1. The zero-order valence-corrected chi connectivity index (χ0v) is 16.0. The average molecular weight is 416 g/mol. The number of ketones is 1. The van der Waals surface area contributed by atoms with Crippen molar-refractivity contribution in [2.24, 2.45) is 35.0 Å². The first-order valence-electron chi connectivity index (χ1n) is 9.21. The summed E-state index contributed by atoms with van der Waals surface area (Å²) in [6.45, 7) is 4.45. The van der Waals surface area contributed by atoms with Crippen LogP contribution in [-0.2, 0) is 4.79 Å². The van der Waals surface area contributed by atoms with Crippen molar-refractivity contribution < 1.29 is 9.90 Å². The summed E-state index contributed by atoms with van der Waals surface area (Å²) in [5.74, 6) is 4.26. The van der Waals surface area contributed by atoms with Crippen LogP contribution in [0, 0.1) is 35.0 Å². The van der Waals surface area contributed by atoms with Gasteiger partial charge in [0.25, 0.3) is 0 Å². The van der Waals surface area contributed by atoms with Crippen molar-refractivity contribution in [3.05, 3.63) is 0 Å². The molecule has 0 aromatic heterocycles. The summed E-state index contributed by atoms with van der Waals surface area (Å²) in [6, 6.07) is 0. The monoisotopic (exact) mass is 416 g/mol. The van der Waals surface area contributed by atoms with Crippen LogP contribution in [-0.4, -0.2) is 20.4 Å². The van der Waals surface area contributed by atoms with E-state index in [-0.39, 0.29) is 5.41 Å². The van der Waals surface area contributed by atoms with Crippen molar-refractivity contribution in [3.8, 4) is 0 Å². The molecule has 22 heavy (non-hydrogen) atoms. The molecule has 3 heteroatoms. The maximum atomic E-state index is 11.9. The van der Waals surface area contributed by atoms with Crippen LogP contribution in [0.15, 0.2) is 0 Å². The number of carbonyl (C=O) groups excluding carboxylic acids is 1. The van der Waals surface area contributed by atoms with Gasteiger partial charge in [0.2, 0.25) is 0 Å². The predicted octanol–water partition coefficient (Wildman–Crippen LogP) is 4.37. The summed E-state index contributed by atoms with van der Waals surface area (Å²) < 4.78 is 0.702. The van der Waals surface area contributed by atoms with Crippen LogP contribution in [0.4, 0.5) is 0 Å². The van der Waals surface area contributed by atoms with Gasteiger partial charge in [0.15, 0.2) is 0 Å². The first-order chi connectivity index (χ1) is 10.3. The number of hydrogen-bond donors (Lipinski definition) is 1. The summed E-state index contributed by atoms with van der Waals surface area (Å²) >= 11 is 2.69. The predicted molar refractivity (Wildman–Crippen MR) is 95.9 cm³/mol. The van der Waals surface area contributed by atoms with Gasteiger partial charge in [-0.1, -0.05) is 29.5 Å². The SMILES string of the molecule is C[C@]1(O)CC[C@H]2[C@H]3[C@H](CC[C@@]21C)[C@H]1CCC(=O)C[C@@H]1C[C@H]3I. The Morgan fingerprint density at radius 3 is 2.68 bits per heavy atom. The van der Waals surface area contributed by atoms with Gasteiger partial charge >= 0.3 is 0 Å². The zero-order valence-electron chi connectivity index (χ0n) is 13.9. The number of aliphatic hydroxyl groups is 1. The highest BCUT2D eigenvalue weighted by atomic mass is 127. The van der Waals surface area contributed by atoms with Crippen LogP contribution in [0.25, 0.3) is 0 Å². The molecule has 8 atom stereocenters. The van der Waals surface area contributed by atoms with Crippen molar-refractivity contribution in [2.75, 3.05) is 0 Å². The molecule has 0 aliphatic heterocycles. The Morgan fingerprint density at radius 2 is 1.91 bits per heavy atom. The van der Waals surface area contributed by atoms with Crippen LogP contribution >= 0.6 is 22.6 Å². The van der Waals surface area contributed by atoms with Gasteiger partial charge in [0.1, 0.15) is 5.78 Å². The highest BCUT2D eigenvalue weighted by molar-refractivity contribution is 14.1. The molecule has 4 aliphatic carbocycles. The Bertz CT molecular complexity index is 488. The topological polar surface area (TPSA) is 37.3 Å². The number of hydrogen-bond acceptors (Lipinski definition) is 2. The third kappa shape index (κ3) is 2.09. The van der Waals surface area contributed by atoms with E-state index in [0.29, 0.717) is 21.5 Å². The molecule has 0 radical (unpaired) electrons. The maximum Gasteiger partial charge on any atom is 0.133 e. The summed E-state index contributed by atoms with van der Waals surface area (Å²) in [6.07, 6.45) is 8.73. The highest BCUT2D eigenvalue weighted by Crippen LogP contribution is 2.65. The van der Waals surface area contributed by atoms with Gasteiger partial charge < -0.3 is 5.11 Å². The number of fused-ring (bicyclic) bond motifs is 5. The smallest absolute Gasteiger partial charge is 0.133 e. The Kier molecular flexibility index (Phi) is 3.73. The number of halogens is 1. The number of Topliss-reactive ketones (excluding diaryl/α,β-unsaturated/α-hetero) is 1. The minimum absolute atomic E-state index is 0.120. The normalized spacial score (nSPS) is 57.9. The molecular weight excluding hydrogens is 387 g/mol. The molecule has 1 N–H and O–H groups in total. The quantitative estimate of drug-likeness (QED) is 0.470. The molecule has 0 amide bonds. The van der Waals surface area contributed by atoms with E-state index in [1.54, 1.807) is 0 Å². The second kappa shape index (κ2) is 5.18. The van der Waals surface area contributed by atoms with Gasteiger partial charge in [-0.15, -0.1) is 0 Å². The van der Waals surface area contributed by atoms with Crippen molar-refractivity contribution in [1.82, 2.24) is 0 Å². The molecule has 0 aromatic carbocycles. The van der Waals surface area contributed by atoms with Crippen LogP contribution in [0.1, 0.15) is 65.2 Å². The maximum absolute atomic E-state index is 11.9. The minimum atomic E-state index is -0.474. The van der Waals surface area contributed by atoms with Crippen molar-refractivity contribution in [2.45, 2.75) is 74.7 Å². The summed E-state index contributed by atoms with van der Waals surface area (Å²) in [7, 11) is 0. The molecule has 4 fully saturated rings. The molecule has 124 valence electrons. The Morgan fingerprint density at radius 1 is 1.14 bits per heavy atom. The Balaban J connectivity index is 1.64. The molecule has 4 aliphatic rings. The fourth-order valence-electron chi connectivity index (χ4n) is 6.87. The molecule has 4 saturated carbocycles. The number of carbonyl (C=O) groups is 1. The lowest BCUT2D eigenvalue weighted by atomic mass is 9.49. The van der Waals surface area contributed by atoms with E-state index in [4.69, 9.17) is 0 Å². The third-order valence-corrected chi connectivity index (χ3v) is 9.63. The third-order valence-electron chi connectivity index (χ3n) is 8.29. The summed E-state index contributed by atoms with van der Waals surface area (Å²) in [5.41, 5.74) is -0.354. The summed E-state index contributed by atoms with van der Waals surface area (Å²) in [4.78, 5) is 11.9.